The Morgan fingerprint density at radius 1 is 1.11 bits per heavy atom. The van der Waals surface area contributed by atoms with Gasteiger partial charge in [-0.2, -0.15) is 0 Å². The molecular weight excluding hydrogens is 232 g/mol. The molecule has 3 aromatic rings. The van der Waals surface area contributed by atoms with Crippen LogP contribution >= 0.6 is 0 Å². The zero-order valence-electron chi connectivity index (χ0n) is 11.7. The third-order valence-corrected chi connectivity index (χ3v) is 3.59. The quantitative estimate of drug-likeness (QED) is 0.489. The molecule has 1 heterocycles. The second-order valence-electron chi connectivity index (χ2n) is 5.09. The molecule has 96 valence electrons. The Morgan fingerprint density at radius 2 is 1.84 bits per heavy atom. The molecule has 0 aliphatic rings. The molecule has 3 rings (SSSR count). The minimum atomic E-state index is 0.987. The maximum absolute atomic E-state index is 2.39. The van der Waals surface area contributed by atoms with E-state index in [1.54, 1.807) is 0 Å². The highest BCUT2D eigenvalue weighted by Gasteiger charge is 2.09. The predicted molar refractivity (Wildman–Crippen MR) is 83.0 cm³/mol. The van der Waals surface area contributed by atoms with Crippen LogP contribution in [-0.4, -0.2) is 29.5 Å². The van der Waals surface area contributed by atoms with Gasteiger partial charge in [0, 0.05) is 28.9 Å². The molecule has 0 unspecified atom stereocenters. The molecule has 0 aliphatic carbocycles. The van der Waals surface area contributed by atoms with Gasteiger partial charge in [0.1, 0.15) is 14.1 Å². The van der Waals surface area contributed by atoms with Crippen LogP contribution in [0.2, 0.25) is 0 Å². The predicted octanol–water partition coefficient (Wildman–Crippen LogP) is 2.66. The van der Waals surface area contributed by atoms with Crippen molar-refractivity contribution < 1.29 is 4.58 Å². The summed E-state index contributed by atoms with van der Waals surface area (Å²) in [4.78, 5) is 0. The van der Waals surface area contributed by atoms with Crippen LogP contribution in [0.25, 0.3) is 27.8 Å². The maximum Gasteiger partial charge on any atom is 0.165 e. The van der Waals surface area contributed by atoms with Gasteiger partial charge in [0.05, 0.1) is 5.35 Å². The Hall–Kier alpha value is -2.09. The highest BCUT2D eigenvalue weighted by molar-refractivity contribution is 6.11. The van der Waals surface area contributed by atoms with Crippen LogP contribution in [0, 0.1) is 0 Å². The van der Waals surface area contributed by atoms with E-state index in [4.69, 9.17) is 0 Å². The molecule has 0 amide bonds. The first-order valence-electron chi connectivity index (χ1n) is 6.73. The molecule has 2 nitrogen and oxygen atoms in total. The summed E-state index contributed by atoms with van der Waals surface area (Å²) in [6, 6.07) is 13.1. The van der Waals surface area contributed by atoms with Crippen molar-refractivity contribution in [2.45, 2.75) is 13.5 Å². The molecule has 1 aromatic heterocycles. The third kappa shape index (κ3) is 1.84. The van der Waals surface area contributed by atoms with E-state index >= 15 is 0 Å². The summed E-state index contributed by atoms with van der Waals surface area (Å²) in [5.41, 5.74) is 1.33. The molecule has 19 heavy (non-hydrogen) atoms. The highest BCUT2D eigenvalue weighted by Crippen LogP contribution is 2.25. The summed E-state index contributed by atoms with van der Waals surface area (Å²) in [7, 11) is 4.10. The first kappa shape index (κ1) is 12.0. The van der Waals surface area contributed by atoms with Gasteiger partial charge in [-0.15, -0.1) is 0 Å². The van der Waals surface area contributed by atoms with Gasteiger partial charge >= 0.3 is 0 Å². The lowest BCUT2D eigenvalue weighted by Crippen LogP contribution is -2.16. The Labute approximate surface area is 113 Å². The third-order valence-electron chi connectivity index (χ3n) is 3.59. The Kier molecular flexibility index (Phi) is 2.86. The lowest BCUT2D eigenvalue weighted by Gasteiger charge is -2.01. The maximum atomic E-state index is 2.39. The van der Waals surface area contributed by atoms with E-state index in [1.165, 1.54) is 27.0 Å². The second-order valence-corrected chi connectivity index (χ2v) is 5.09. The second kappa shape index (κ2) is 4.54. The van der Waals surface area contributed by atoms with Crippen LogP contribution in [0.1, 0.15) is 6.92 Å². The summed E-state index contributed by atoms with van der Waals surface area (Å²) >= 11 is 0. The fraction of sp³-hybridized carbons (Fsp3) is 0.235. The largest absolute Gasteiger partial charge is 0.341 e. The molecule has 0 radical (unpaired) electrons. The van der Waals surface area contributed by atoms with E-state index in [0.29, 0.717) is 0 Å². The van der Waals surface area contributed by atoms with E-state index in [9.17, 15) is 0 Å². The van der Waals surface area contributed by atoms with Crippen molar-refractivity contribution in [3.05, 3.63) is 41.7 Å². The summed E-state index contributed by atoms with van der Waals surface area (Å²) in [6.45, 7) is 3.19. The monoisotopic (exact) mass is 251 g/mol. The van der Waals surface area contributed by atoms with Crippen molar-refractivity contribution in [2.24, 2.45) is 0 Å². The average molecular weight is 251 g/mol. The van der Waals surface area contributed by atoms with Crippen molar-refractivity contribution in [1.82, 2.24) is 4.57 Å². The van der Waals surface area contributed by atoms with Crippen LogP contribution < -0.4 is 5.35 Å². The molecule has 0 aliphatic heterocycles. The van der Waals surface area contributed by atoms with Gasteiger partial charge in [0.15, 0.2) is 6.21 Å². The minimum Gasteiger partial charge on any atom is -0.341 e. The summed E-state index contributed by atoms with van der Waals surface area (Å²) < 4.78 is 4.46. The number of hydrogen-bond donors (Lipinski definition) is 0. The van der Waals surface area contributed by atoms with Crippen molar-refractivity contribution in [3.63, 3.8) is 0 Å². The number of aromatic nitrogens is 1. The number of benzene rings is 2. The van der Waals surface area contributed by atoms with Gasteiger partial charge in [-0.3, -0.25) is 0 Å². The van der Waals surface area contributed by atoms with Crippen LogP contribution in [0.5, 0.6) is 0 Å². The topological polar surface area (TPSA) is 7.94 Å². The first-order valence-corrected chi connectivity index (χ1v) is 6.73. The van der Waals surface area contributed by atoms with E-state index in [2.05, 4.69) is 78.9 Å². The Bertz CT molecular complexity index is 813. The molecule has 0 atom stereocenters. The zero-order chi connectivity index (χ0) is 13.4. The molecule has 0 saturated carbocycles. The summed E-state index contributed by atoms with van der Waals surface area (Å²) in [6.07, 6.45) is 4.32. The van der Waals surface area contributed by atoms with E-state index in [-0.39, 0.29) is 0 Å². The lowest BCUT2D eigenvalue weighted by atomic mass is 10.1. The molecule has 0 bridgehead atoms. The van der Waals surface area contributed by atoms with Crippen molar-refractivity contribution >= 4 is 34.0 Å². The van der Waals surface area contributed by atoms with Gasteiger partial charge in [-0.1, -0.05) is 30.3 Å². The molecule has 0 spiro atoms. The highest BCUT2D eigenvalue weighted by atomic mass is 15.0. The minimum absolute atomic E-state index is 0.987. The van der Waals surface area contributed by atoms with Crippen molar-refractivity contribution in [2.75, 3.05) is 14.1 Å². The smallest absolute Gasteiger partial charge is 0.165 e. The number of rotatable bonds is 2. The van der Waals surface area contributed by atoms with Crippen LogP contribution in [0.3, 0.4) is 0 Å². The van der Waals surface area contributed by atoms with E-state index in [0.717, 1.165) is 6.54 Å². The van der Waals surface area contributed by atoms with Gasteiger partial charge in [-0.05, 0) is 18.4 Å². The normalized spacial score (nSPS) is 12.5. The van der Waals surface area contributed by atoms with Gasteiger partial charge in [-0.25, -0.2) is 4.58 Å². The molecular formula is C17H19N2+. The fourth-order valence-electron chi connectivity index (χ4n) is 2.77. The average Bonchev–Trinajstić information content (AvgIpc) is 2.72. The molecule has 0 fully saturated rings. The van der Waals surface area contributed by atoms with Gasteiger partial charge < -0.3 is 4.57 Å². The molecule has 0 saturated heterocycles. The van der Waals surface area contributed by atoms with Crippen molar-refractivity contribution in [1.29, 1.82) is 0 Å². The molecule has 2 aromatic carbocycles. The zero-order valence-corrected chi connectivity index (χ0v) is 11.7. The summed E-state index contributed by atoms with van der Waals surface area (Å²) in [5, 5.41) is 5.34. The number of hydrogen-bond acceptors (Lipinski definition) is 0. The SMILES string of the molecule is CCn1/c(=C\C=[N+](C)C)c2cccc3cccc1c32. The fourth-order valence-corrected chi connectivity index (χ4v) is 2.77. The standard InChI is InChI=1S/C17H19N2/c1-4-19-15(11-12-18(2)3)14-9-5-7-13-8-6-10-16(19)17(13)14/h5-12H,4H2,1-3H3/q+1. The van der Waals surface area contributed by atoms with Gasteiger partial charge in [0.2, 0.25) is 0 Å². The molecule has 0 N–H and O–H groups in total. The lowest BCUT2D eigenvalue weighted by molar-refractivity contribution is -0.457. The van der Waals surface area contributed by atoms with E-state index < -0.39 is 0 Å². The summed E-state index contributed by atoms with van der Waals surface area (Å²) in [5.74, 6) is 0. The van der Waals surface area contributed by atoms with Crippen LogP contribution in [-0.2, 0) is 6.54 Å². The van der Waals surface area contributed by atoms with Crippen LogP contribution in [0.15, 0.2) is 36.4 Å². The first-order chi connectivity index (χ1) is 9.22. The Morgan fingerprint density at radius 3 is 2.53 bits per heavy atom. The van der Waals surface area contributed by atoms with Gasteiger partial charge in [0.25, 0.3) is 0 Å². The van der Waals surface area contributed by atoms with Crippen molar-refractivity contribution in [3.8, 4) is 0 Å². The Balaban J connectivity index is 2.53. The van der Waals surface area contributed by atoms with Crippen LogP contribution in [0.4, 0.5) is 0 Å². The number of aryl methyl sites for hydroxylation is 1. The number of nitrogens with zero attached hydrogens (tertiary/aromatic N) is 2. The molecule has 2 heteroatoms. The van der Waals surface area contributed by atoms with E-state index in [1.807, 2.05) is 0 Å².